The number of imidazole rings is 1. The fourth-order valence-corrected chi connectivity index (χ4v) is 3.42. The van der Waals surface area contributed by atoms with Crippen molar-refractivity contribution in [2.24, 2.45) is 0 Å². The molecule has 96 valence electrons. The predicted octanol–water partition coefficient (Wildman–Crippen LogP) is 4.81. The van der Waals surface area contributed by atoms with E-state index in [1.807, 2.05) is 24.5 Å². The first-order valence-electron chi connectivity index (χ1n) is 5.04. The second-order valence-electron chi connectivity index (χ2n) is 3.99. The zero-order valence-corrected chi connectivity index (χ0v) is 14.2. The first-order chi connectivity index (χ1) is 8.34. The number of fused-ring (bicyclic) bond motifs is 1. The third-order valence-corrected chi connectivity index (χ3v) is 5.03. The standard InChI is InChI=1S/C10H8Br3N3O2/c1-4(2)15-6-3-5(11)7(12)9(16(17)18)8(6)14-10(15)13/h3-4H,1-2H3. The summed E-state index contributed by atoms with van der Waals surface area (Å²) in [5.74, 6) is 0. The smallest absolute Gasteiger partial charge is 0.312 e. The minimum absolute atomic E-state index is 0.0283. The molecule has 0 saturated heterocycles. The number of rotatable bonds is 2. The Morgan fingerprint density at radius 1 is 1.39 bits per heavy atom. The largest absolute Gasteiger partial charge is 0.316 e. The fourth-order valence-electron chi connectivity index (χ4n) is 1.79. The van der Waals surface area contributed by atoms with Crippen molar-refractivity contribution < 1.29 is 4.92 Å². The summed E-state index contributed by atoms with van der Waals surface area (Å²) in [4.78, 5) is 15.0. The zero-order chi connectivity index (χ0) is 13.6. The van der Waals surface area contributed by atoms with Crippen LogP contribution >= 0.6 is 47.8 Å². The van der Waals surface area contributed by atoms with Gasteiger partial charge in [0.2, 0.25) is 0 Å². The van der Waals surface area contributed by atoms with Gasteiger partial charge in [0.15, 0.2) is 10.3 Å². The molecule has 18 heavy (non-hydrogen) atoms. The average molecular weight is 442 g/mol. The number of nitrogens with zero attached hydrogens (tertiary/aromatic N) is 3. The van der Waals surface area contributed by atoms with Gasteiger partial charge in [-0.05, 0) is 67.7 Å². The molecule has 2 rings (SSSR count). The Bertz CT molecular complexity index is 652. The molecular weight excluding hydrogens is 434 g/mol. The molecule has 5 nitrogen and oxygen atoms in total. The molecule has 8 heteroatoms. The Kier molecular flexibility index (Phi) is 3.80. The highest BCUT2D eigenvalue weighted by Crippen LogP contribution is 2.40. The van der Waals surface area contributed by atoms with E-state index in [9.17, 15) is 10.1 Å². The van der Waals surface area contributed by atoms with E-state index in [0.717, 1.165) is 5.52 Å². The summed E-state index contributed by atoms with van der Waals surface area (Å²) < 4.78 is 3.53. The van der Waals surface area contributed by atoms with Gasteiger partial charge in [0, 0.05) is 10.5 Å². The van der Waals surface area contributed by atoms with Crippen LogP contribution in [-0.4, -0.2) is 14.5 Å². The van der Waals surface area contributed by atoms with E-state index in [1.54, 1.807) is 0 Å². The topological polar surface area (TPSA) is 61.0 Å². The van der Waals surface area contributed by atoms with Crippen LogP contribution in [0.15, 0.2) is 19.7 Å². The molecule has 0 amide bonds. The van der Waals surface area contributed by atoms with Gasteiger partial charge in [-0.1, -0.05) is 0 Å². The molecule has 2 aromatic rings. The normalized spacial score (nSPS) is 11.4. The lowest BCUT2D eigenvalue weighted by atomic mass is 10.2. The van der Waals surface area contributed by atoms with E-state index in [4.69, 9.17) is 0 Å². The predicted molar refractivity (Wildman–Crippen MR) is 79.9 cm³/mol. The maximum absolute atomic E-state index is 11.2. The molecule has 1 heterocycles. The average Bonchev–Trinajstić information content (AvgIpc) is 2.54. The van der Waals surface area contributed by atoms with Crippen molar-refractivity contribution >= 4 is 64.5 Å². The van der Waals surface area contributed by atoms with E-state index < -0.39 is 4.92 Å². The van der Waals surface area contributed by atoms with E-state index in [-0.39, 0.29) is 11.7 Å². The van der Waals surface area contributed by atoms with Crippen LogP contribution in [-0.2, 0) is 0 Å². The Labute approximate surface area is 128 Å². The highest BCUT2D eigenvalue weighted by atomic mass is 79.9. The Balaban J connectivity index is 2.96. The molecule has 0 unspecified atom stereocenters. The van der Waals surface area contributed by atoms with Crippen LogP contribution in [0, 0.1) is 10.1 Å². The summed E-state index contributed by atoms with van der Waals surface area (Å²) in [5, 5.41) is 11.2. The van der Waals surface area contributed by atoms with Crippen molar-refractivity contribution in [1.29, 1.82) is 0 Å². The number of aromatic nitrogens is 2. The molecule has 1 aromatic heterocycles. The molecule has 0 bridgehead atoms. The minimum Gasteiger partial charge on any atom is -0.316 e. The minimum atomic E-state index is -0.429. The zero-order valence-electron chi connectivity index (χ0n) is 9.45. The van der Waals surface area contributed by atoms with Crippen LogP contribution in [0.2, 0.25) is 0 Å². The van der Waals surface area contributed by atoms with Gasteiger partial charge in [-0.25, -0.2) is 4.98 Å². The lowest BCUT2D eigenvalue weighted by Gasteiger charge is -2.10. The molecule has 1 aromatic carbocycles. The monoisotopic (exact) mass is 439 g/mol. The van der Waals surface area contributed by atoms with Crippen molar-refractivity contribution in [3.63, 3.8) is 0 Å². The van der Waals surface area contributed by atoms with Crippen LogP contribution < -0.4 is 0 Å². The molecule has 0 aliphatic carbocycles. The number of nitro benzene ring substituents is 1. The van der Waals surface area contributed by atoms with E-state index >= 15 is 0 Å². The molecule has 0 aliphatic heterocycles. The summed E-state index contributed by atoms with van der Waals surface area (Å²) in [7, 11) is 0. The number of benzene rings is 1. The highest BCUT2D eigenvalue weighted by Gasteiger charge is 2.25. The van der Waals surface area contributed by atoms with Crippen LogP contribution in [0.4, 0.5) is 5.69 Å². The maximum Gasteiger partial charge on any atom is 0.312 e. The van der Waals surface area contributed by atoms with Crippen molar-refractivity contribution in [3.8, 4) is 0 Å². The number of nitro groups is 1. The van der Waals surface area contributed by atoms with Crippen LogP contribution in [0.25, 0.3) is 11.0 Å². The highest BCUT2D eigenvalue weighted by molar-refractivity contribution is 9.13. The summed E-state index contributed by atoms with van der Waals surface area (Å²) in [6, 6.07) is 1.97. The van der Waals surface area contributed by atoms with Gasteiger partial charge in [0.25, 0.3) is 0 Å². The Morgan fingerprint density at radius 2 is 2.00 bits per heavy atom. The maximum atomic E-state index is 11.2. The van der Waals surface area contributed by atoms with Crippen molar-refractivity contribution in [2.45, 2.75) is 19.9 Å². The lowest BCUT2D eigenvalue weighted by Crippen LogP contribution is -2.01. The Morgan fingerprint density at radius 3 is 2.50 bits per heavy atom. The fraction of sp³-hybridized carbons (Fsp3) is 0.300. The van der Waals surface area contributed by atoms with Gasteiger partial charge < -0.3 is 4.57 Å². The summed E-state index contributed by atoms with van der Waals surface area (Å²) in [5.41, 5.74) is 1.06. The van der Waals surface area contributed by atoms with Crippen LogP contribution in [0.1, 0.15) is 19.9 Å². The molecular formula is C10H8Br3N3O2. The molecule has 0 spiro atoms. The van der Waals surface area contributed by atoms with E-state index in [0.29, 0.717) is 19.2 Å². The number of halogens is 3. The molecule has 0 N–H and O–H groups in total. The van der Waals surface area contributed by atoms with Crippen molar-refractivity contribution in [3.05, 3.63) is 29.9 Å². The summed E-state index contributed by atoms with van der Waals surface area (Å²) in [6.45, 7) is 3.99. The first-order valence-corrected chi connectivity index (χ1v) is 7.42. The van der Waals surface area contributed by atoms with Gasteiger partial charge >= 0.3 is 5.69 Å². The molecule has 0 radical (unpaired) electrons. The second-order valence-corrected chi connectivity index (χ2v) is 6.35. The van der Waals surface area contributed by atoms with Gasteiger partial charge in [-0.3, -0.25) is 10.1 Å². The molecule has 0 atom stereocenters. The lowest BCUT2D eigenvalue weighted by molar-refractivity contribution is -0.384. The number of hydrogen-bond acceptors (Lipinski definition) is 3. The quantitative estimate of drug-likeness (QED) is 0.496. The van der Waals surface area contributed by atoms with E-state index in [1.165, 1.54) is 0 Å². The molecule has 0 fully saturated rings. The van der Waals surface area contributed by atoms with Gasteiger partial charge in [0.1, 0.15) is 4.47 Å². The van der Waals surface area contributed by atoms with Crippen LogP contribution in [0.5, 0.6) is 0 Å². The first kappa shape index (κ1) is 14.0. The third kappa shape index (κ3) is 2.10. The summed E-state index contributed by atoms with van der Waals surface area (Å²) in [6.07, 6.45) is 0. The van der Waals surface area contributed by atoms with E-state index in [2.05, 4.69) is 52.8 Å². The van der Waals surface area contributed by atoms with Crippen molar-refractivity contribution in [1.82, 2.24) is 9.55 Å². The second kappa shape index (κ2) is 4.90. The van der Waals surface area contributed by atoms with Crippen molar-refractivity contribution in [2.75, 3.05) is 0 Å². The summed E-state index contributed by atoms with van der Waals surface area (Å²) >= 11 is 9.88. The SMILES string of the molecule is CC(C)n1c(Br)nc2c([N+](=O)[O-])c(Br)c(Br)cc21. The van der Waals surface area contributed by atoms with Gasteiger partial charge in [-0.15, -0.1) is 0 Å². The van der Waals surface area contributed by atoms with Gasteiger partial charge in [-0.2, -0.15) is 0 Å². The molecule has 0 saturated carbocycles. The number of hydrogen-bond donors (Lipinski definition) is 0. The van der Waals surface area contributed by atoms with Gasteiger partial charge in [0.05, 0.1) is 10.4 Å². The molecule has 0 aliphatic rings. The Hall–Kier alpha value is -0.470. The third-order valence-electron chi connectivity index (χ3n) is 2.51. The van der Waals surface area contributed by atoms with Crippen LogP contribution in [0.3, 0.4) is 0 Å².